The molecule has 0 aliphatic rings. The smallest absolute Gasteiger partial charge is 0.356 e. The normalized spacial score (nSPS) is 10.2. The third-order valence-corrected chi connectivity index (χ3v) is 2.70. The van der Waals surface area contributed by atoms with Crippen LogP contribution in [-0.4, -0.2) is 31.1 Å². The molecule has 0 aliphatic carbocycles. The molecule has 2 aromatic rings. The van der Waals surface area contributed by atoms with Gasteiger partial charge in [0.25, 0.3) is 0 Å². The van der Waals surface area contributed by atoms with Gasteiger partial charge in [0.2, 0.25) is 5.91 Å². The Bertz CT molecular complexity index is 682. The topological polar surface area (TPSA) is 77.5 Å². The van der Waals surface area contributed by atoms with Gasteiger partial charge in [-0.15, -0.1) is 0 Å². The van der Waals surface area contributed by atoms with E-state index in [2.05, 4.69) is 15.0 Å². The zero-order chi connectivity index (χ0) is 14.7. The van der Waals surface area contributed by atoms with Crippen molar-refractivity contribution in [2.45, 2.75) is 6.92 Å². The van der Waals surface area contributed by atoms with Crippen molar-refractivity contribution < 1.29 is 19.1 Å². The average Bonchev–Trinajstić information content (AvgIpc) is 2.44. The second-order valence-corrected chi connectivity index (χ2v) is 4.11. The summed E-state index contributed by atoms with van der Waals surface area (Å²) < 4.78 is 9.90. The first kappa shape index (κ1) is 13.8. The van der Waals surface area contributed by atoms with Gasteiger partial charge in [0, 0.05) is 24.1 Å². The lowest BCUT2D eigenvalue weighted by molar-refractivity contribution is -0.114. The number of amides is 1. The van der Waals surface area contributed by atoms with Crippen molar-refractivity contribution in [1.29, 1.82) is 0 Å². The molecule has 0 atom stereocenters. The molecule has 1 amide bonds. The maximum atomic E-state index is 11.5. The van der Waals surface area contributed by atoms with Crippen molar-refractivity contribution in [2.75, 3.05) is 19.5 Å². The molecule has 0 saturated carbocycles. The molecule has 20 heavy (non-hydrogen) atoms. The molecular formula is C14H14N2O4. The van der Waals surface area contributed by atoms with Crippen LogP contribution in [0.25, 0.3) is 10.9 Å². The number of esters is 1. The van der Waals surface area contributed by atoms with Crippen LogP contribution in [0.1, 0.15) is 17.4 Å². The molecule has 0 unspecified atom stereocenters. The molecule has 6 heteroatoms. The highest BCUT2D eigenvalue weighted by Crippen LogP contribution is 2.29. The van der Waals surface area contributed by atoms with E-state index in [4.69, 9.17) is 4.74 Å². The van der Waals surface area contributed by atoms with E-state index in [0.717, 1.165) is 5.39 Å². The van der Waals surface area contributed by atoms with E-state index in [1.165, 1.54) is 21.1 Å². The third kappa shape index (κ3) is 2.69. The highest BCUT2D eigenvalue weighted by atomic mass is 16.5. The van der Waals surface area contributed by atoms with Crippen LogP contribution in [0.5, 0.6) is 5.75 Å². The Kier molecular flexibility index (Phi) is 3.84. The number of fused-ring (bicyclic) bond motifs is 1. The van der Waals surface area contributed by atoms with Crippen LogP contribution in [0.4, 0.5) is 5.69 Å². The molecule has 0 spiro atoms. The summed E-state index contributed by atoms with van der Waals surface area (Å²) in [6, 6.07) is 6.66. The predicted molar refractivity (Wildman–Crippen MR) is 73.9 cm³/mol. The molecule has 0 radical (unpaired) electrons. The standard InChI is InChI=1S/C14H14N2O4/c1-8(17)15-9-6-12-10(13(7-9)19-2)4-5-11(16-12)14(18)20-3/h4-7H,1-3H3,(H,15,17). The largest absolute Gasteiger partial charge is 0.496 e. The first-order chi connectivity index (χ1) is 9.55. The SMILES string of the molecule is COC(=O)c1ccc2c(OC)cc(NC(C)=O)cc2n1. The Morgan fingerprint density at radius 1 is 1.20 bits per heavy atom. The van der Waals surface area contributed by atoms with Gasteiger partial charge in [-0.2, -0.15) is 0 Å². The van der Waals surface area contributed by atoms with Gasteiger partial charge in [-0.1, -0.05) is 0 Å². The quantitative estimate of drug-likeness (QED) is 0.866. The van der Waals surface area contributed by atoms with Crippen molar-refractivity contribution >= 4 is 28.5 Å². The molecule has 0 aliphatic heterocycles. The molecule has 0 bridgehead atoms. The molecule has 0 fully saturated rings. The maximum Gasteiger partial charge on any atom is 0.356 e. The molecule has 1 N–H and O–H groups in total. The lowest BCUT2D eigenvalue weighted by atomic mass is 10.1. The highest BCUT2D eigenvalue weighted by molar-refractivity contribution is 5.97. The molecule has 2 rings (SSSR count). The van der Waals surface area contributed by atoms with Crippen molar-refractivity contribution in [3.8, 4) is 5.75 Å². The number of ether oxygens (including phenoxy) is 2. The molecule has 1 aromatic heterocycles. The lowest BCUT2D eigenvalue weighted by Crippen LogP contribution is -2.07. The fourth-order valence-electron chi connectivity index (χ4n) is 1.86. The Balaban J connectivity index is 2.59. The van der Waals surface area contributed by atoms with Crippen LogP contribution in [-0.2, 0) is 9.53 Å². The number of anilines is 1. The predicted octanol–water partition coefficient (Wildman–Crippen LogP) is 1.99. The average molecular weight is 274 g/mol. The maximum absolute atomic E-state index is 11.5. The van der Waals surface area contributed by atoms with E-state index < -0.39 is 5.97 Å². The van der Waals surface area contributed by atoms with Gasteiger partial charge in [-0.05, 0) is 18.2 Å². The second kappa shape index (κ2) is 5.56. The fourth-order valence-corrected chi connectivity index (χ4v) is 1.86. The first-order valence-corrected chi connectivity index (χ1v) is 5.90. The number of nitrogens with zero attached hydrogens (tertiary/aromatic N) is 1. The minimum atomic E-state index is -0.518. The minimum absolute atomic E-state index is 0.196. The molecule has 1 heterocycles. The molecule has 1 aromatic carbocycles. The van der Waals surface area contributed by atoms with Crippen molar-refractivity contribution in [3.05, 3.63) is 30.0 Å². The molecule has 0 saturated heterocycles. The van der Waals surface area contributed by atoms with Gasteiger partial charge in [0.1, 0.15) is 11.4 Å². The van der Waals surface area contributed by atoms with Crippen LogP contribution in [0.3, 0.4) is 0 Å². The monoisotopic (exact) mass is 274 g/mol. The number of aromatic nitrogens is 1. The van der Waals surface area contributed by atoms with E-state index in [0.29, 0.717) is 17.0 Å². The number of pyridine rings is 1. The summed E-state index contributed by atoms with van der Waals surface area (Å²) in [5.41, 5.74) is 1.29. The molecule has 6 nitrogen and oxygen atoms in total. The van der Waals surface area contributed by atoms with Gasteiger partial charge in [0.05, 0.1) is 19.7 Å². The van der Waals surface area contributed by atoms with Crippen LogP contribution in [0, 0.1) is 0 Å². The summed E-state index contributed by atoms with van der Waals surface area (Å²) in [6.07, 6.45) is 0. The number of hydrogen-bond donors (Lipinski definition) is 1. The fraction of sp³-hybridized carbons (Fsp3) is 0.214. The Morgan fingerprint density at radius 3 is 2.55 bits per heavy atom. The van der Waals surface area contributed by atoms with E-state index in [-0.39, 0.29) is 11.6 Å². The van der Waals surface area contributed by atoms with Gasteiger partial charge in [-0.25, -0.2) is 9.78 Å². The summed E-state index contributed by atoms with van der Waals surface area (Å²) in [5.74, 6) is -0.151. The van der Waals surface area contributed by atoms with Crippen LogP contribution >= 0.6 is 0 Å². The summed E-state index contributed by atoms with van der Waals surface area (Å²) in [5, 5.41) is 3.40. The number of carbonyl (C=O) groups excluding carboxylic acids is 2. The Hall–Kier alpha value is -2.63. The van der Waals surface area contributed by atoms with Crippen LogP contribution in [0.2, 0.25) is 0 Å². The minimum Gasteiger partial charge on any atom is -0.496 e. The Labute approximate surface area is 115 Å². The van der Waals surface area contributed by atoms with Crippen molar-refractivity contribution in [2.24, 2.45) is 0 Å². The number of nitrogens with one attached hydrogen (secondary N) is 1. The van der Waals surface area contributed by atoms with E-state index in [1.54, 1.807) is 24.3 Å². The number of hydrogen-bond acceptors (Lipinski definition) is 5. The molecular weight excluding hydrogens is 260 g/mol. The second-order valence-electron chi connectivity index (χ2n) is 4.11. The van der Waals surface area contributed by atoms with E-state index >= 15 is 0 Å². The Morgan fingerprint density at radius 2 is 1.95 bits per heavy atom. The van der Waals surface area contributed by atoms with E-state index in [1.807, 2.05) is 0 Å². The third-order valence-electron chi connectivity index (χ3n) is 2.70. The van der Waals surface area contributed by atoms with Gasteiger partial charge >= 0.3 is 5.97 Å². The zero-order valence-corrected chi connectivity index (χ0v) is 11.4. The first-order valence-electron chi connectivity index (χ1n) is 5.90. The zero-order valence-electron chi connectivity index (χ0n) is 11.4. The number of rotatable bonds is 3. The summed E-state index contributed by atoms with van der Waals surface area (Å²) >= 11 is 0. The number of methoxy groups -OCH3 is 2. The van der Waals surface area contributed by atoms with Gasteiger partial charge in [0.15, 0.2) is 0 Å². The van der Waals surface area contributed by atoms with Crippen molar-refractivity contribution in [3.63, 3.8) is 0 Å². The van der Waals surface area contributed by atoms with Crippen LogP contribution < -0.4 is 10.1 Å². The summed E-state index contributed by atoms with van der Waals surface area (Å²) in [7, 11) is 2.82. The lowest BCUT2D eigenvalue weighted by Gasteiger charge is -2.10. The number of benzene rings is 1. The van der Waals surface area contributed by atoms with Gasteiger partial charge < -0.3 is 14.8 Å². The highest BCUT2D eigenvalue weighted by Gasteiger charge is 2.11. The number of carbonyl (C=O) groups is 2. The summed E-state index contributed by atoms with van der Waals surface area (Å²) in [4.78, 5) is 26.8. The van der Waals surface area contributed by atoms with Crippen LogP contribution in [0.15, 0.2) is 24.3 Å². The summed E-state index contributed by atoms with van der Waals surface area (Å²) in [6.45, 7) is 1.41. The van der Waals surface area contributed by atoms with E-state index in [9.17, 15) is 9.59 Å². The van der Waals surface area contributed by atoms with Crippen molar-refractivity contribution in [1.82, 2.24) is 4.98 Å². The van der Waals surface area contributed by atoms with Gasteiger partial charge in [-0.3, -0.25) is 4.79 Å². The molecule has 104 valence electrons.